The zero-order valence-corrected chi connectivity index (χ0v) is 12.4. The molecule has 2 aliphatic heterocycles. The molecule has 2 aliphatic rings. The SMILES string of the molecule is O=C1CNc2ccc(Br)cc2N1CCC1CCCN1. The van der Waals surface area contributed by atoms with Gasteiger partial charge < -0.3 is 15.5 Å². The van der Waals surface area contributed by atoms with Gasteiger partial charge in [-0.2, -0.15) is 0 Å². The first-order valence-corrected chi connectivity index (χ1v) is 7.60. The number of anilines is 2. The maximum atomic E-state index is 12.1. The number of halogens is 1. The first-order valence-electron chi connectivity index (χ1n) is 6.81. The zero-order valence-electron chi connectivity index (χ0n) is 10.8. The van der Waals surface area contributed by atoms with Gasteiger partial charge in [0.1, 0.15) is 0 Å². The fourth-order valence-electron chi connectivity index (χ4n) is 2.81. The number of nitrogens with zero attached hydrogens (tertiary/aromatic N) is 1. The van der Waals surface area contributed by atoms with Crippen LogP contribution in [0.3, 0.4) is 0 Å². The average molecular weight is 324 g/mol. The Morgan fingerprint density at radius 3 is 3.11 bits per heavy atom. The summed E-state index contributed by atoms with van der Waals surface area (Å²) in [6, 6.07) is 6.60. The quantitative estimate of drug-likeness (QED) is 0.897. The van der Waals surface area contributed by atoms with Crippen LogP contribution >= 0.6 is 15.9 Å². The van der Waals surface area contributed by atoms with Crippen molar-refractivity contribution in [2.45, 2.75) is 25.3 Å². The first kappa shape index (κ1) is 12.9. The van der Waals surface area contributed by atoms with Crippen molar-refractivity contribution < 1.29 is 4.79 Å². The van der Waals surface area contributed by atoms with E-state index in [1.165, 1.54) is 12.8 Å². The molecule has 0 aliphatic carbocycles. The molecule has 1 unspecified atom stereocenters. The Morgan fingerprint density at radius 1 is 1.42 bits per heavy atom. The van der Waals surface area contributed by atoms with E-state index in [0.717, 1.165) is 35.4 Å². The largest absolute Gasteiger partial charge is 0.374 e. The van der Waals surface area contributed by atoms with Gasteiger partial charge in [0.2, 0.25) is 5.91 Å². The molecule has 0 radical (unpaired) electrons. The van der Waals surface area contributed by atoms with Gasteiger partial charge in [0.25, 0.3) is 0 Å². The summed E-state index contributed by atoms with van der Waals surface area (Å²) < 4.78 is 1.01. The van der Waals surface area contributed by atoms with E-state index in [1.54, 1.807) is 0 Å². The predicted octanol–water partition coefficient (Wildman–Crippen LogP) is 2.35. The Balaban J connectivity index is 1.76. The van der Waals surface area contributed by atoms with Crippen LogP contribution < -0.4 is 15.5 Å². The van der Waals surface area contributed by atoms with Gasteiger partial charge in [0.15, 0.2) is 0 Å². The number of hydrogen-bond acceptors (Lipinski definition) is 3. The molecule has 1 fully saturated rings. The van der Waals surface area contributed by atoms with Crippen LogP contribution in [0.15, 0.2) is 22.7 Å². The number of rotatable bonds is 3. The van der Waals surface area contributed by atoms with Crippen LogP contribution in [0.1, 0.15) is 19.3 Å². The lowest BCUT2D eigenvalue weighted by molar-refractivity contribution is -0.117. The van der Waals surface area contributed by atoms with Crippen molar-refractivity contribution in [1.82, 2.24) is 5.32 Å². The van der Waals surface area contributed by atoms with Crippen LogP contribution in [0.25, 0.3) is 0 Å². The molecule has 5 heteroatoms. The van der Waals surface area contributed by atoms with Crippen molar-refractivity contribution in [2.24, 2.45) is 0 Å². The molecule has 19 heavy (non-hydrogen) atoms. The van der Waals surface area contributed by atoms with E-state index in [-0.39, 0.29) is 5.91 Å². The van der Waals surface area contributed by atoms with Gasteiger partial charge in [0.05, 0.1) is 17.9 Å². The van der Waals surface area contributed by atoms with Crippen LogP contribution in [-0.2, 0) is 4.79 Å². The van der Waals surface area contributed by atoms with Crippen molar-refractivity contribution in [3.63, 3.8) is 0 Å². The van der Waals surface area contributed by atoms with Gasteiger partial charge in [-0.3, -0.25) is 4.79 Å². The highest BCUT2D eigenvalue weighted by Gasteiger charge is 2.25. The van der Waals surface area contributed by atoms with Crippen molar-refractivity contribution >= 4 is 33.2 Å². The lowest BCUT2D eigenvalue weighted by Crippen LogP contribution is -2.42. The minimum Gasteiger partial charge on any atom is -0.374 e. The normalized spacial score (nSPS) is 22.3. The van der Waals surface area contributed by atoms with Crippen molar-refractivity contribution in [2.75, 3.05) is 29.9 Å². The second-order valence-electron chi connectivity index (χ2n) is 5.14. The molecular formula is C14H18BrN3O. The van der Waals surface area contributed by atoms with Crippen molar-refractivity contribution in [1.29, 1.82) is 0 Å². The monoisotopic (exact) mass is 323 g/mol. The summed E-state index contributed by atoms with van der Waals surface area (Å²) in [4.78, 5) is 14.0. The third-order valence-electron chi connectivity index (χ3n) is 3.85. The fourth-order valence-corrected chi connectivity index (χ4v) is 3.16. The van der Waals surface area contributed by atoms with Crippen LogP contribution in [0.4, 0.5) is 11.4 Å². The smallest absolute Gasteiger partial charge is 0.246 e. The molecule has 0 saturated carbocycles. The summed E-state index contributed by atoms with van der Waals surface area (Å²) in [6.07, 6.45) is 3.51. The molecule has 0 spiro atoms. The van der Waals surface area contributed by atoms with Crippen molar-refractivity contribution in [3.05, 3.63) is 22.7 Å². The molecule has 1 atom stereocenters. The minimum absolute atomic E-state index is 0.156. The molecule has 0 aromatic heterocycles. The first-order chi connectivity index (χ1) is 9.24. The van der Waals surface area contributed by atoms with E-state index in [2.05, 4.69) is 26.6 Å². The van der Waals surface area contributed by atoms with E-state index < -0.39 is 0 Å². The van der Waals surface area contributed by atoms with E-state index >= 15 is 0 Å². The highest BCUT2D eigenvalue weighted by Crippen LogP contribution is 2.32. The molecule has 1 amide bonds. The molecular weight excluding hydrogens is 306 g/mol. The maximum absolute atomic E-state index is 12.1. The summed E-state index contributed by atoms with van der Waals surface area (Å²) in [6.45, 7) is 2.30. The summed E-state index contributed by atoms with van der Waals surface area (Å²) in [5, 5.41) is 6.65. The molecule has 4 nitrogen and oxygen atoms in total. The van der Waals surface area contributed by atoms with Crippen LogP contribution in [0.5, 0.6) is 0 Å². The van der Waals surface area contributed by atoms with Gasteiger partial charge in [0, 0.05) is 17.1 Å². The molecule has 2 N–H and O–H groups in total. The molecule has 1 aromatic rings. The number of hydrogen-bond donors (Lipinski definition) is 2. The number of nitrogens with one attached hydrogen (secondary N) is 2. The Morgan fingerprint density at radius 2 is 2.32 bits per heavy atom. The third kappa shape index (κ3) is 2.77. The number of amides is 1. The van der Waals surface area contributed by atoms with Gasteiger partial charge in [-0.1, -0.05) is 15.9 Å². The Hall–Kier alpha value is -1.07. The average Bonchev–Trinajstić information content (AvgIpc) is 2.91. The maximum Gasteiger partial charge on any atom is 0.246 e. The van der Waals surface area contributed by atoms with Gasteiger partial charge in [-0.15, -0.1) is 0 Å². The second-order valence-corrected chi connectivity index (χ2v) is 6.06. The highest BCUT2D eigenvalue weighted by molar-refractivity contribution is 9.10. The van der Waals surface area contributed by atoms with Gasteiger partial charge >= 0.3 is 0 Å². The Bertz CT molecular complexity index is 486. The van der Waals surface area contributed by atoms with E-state index in [4.69, 9.17) is 0 Å². The van der Waals surface area contributed by atoms with Gasteiger partial charge in [-0.05, 0) is 44.0 Å². The molecule has 2 heterocycles. The number of carbonyl (C=O) groups excluding carboxylic acids is 1. The highest BCUT2D eigenvalue weighted by atomic mass is 79.9. The summed E-state index contributed by atoms with van der Waals surface area (Å²) >= 11 is 3.48. The number of benzene rings is 1. The second kappa shape index (κ2) is 5.51. The standard InChI is InChI=1S/C14H18BrN3O/c15-10-3-4-12-13(8-10)18(14(19)9-17-12)7-5-11-2-1-6-16-11/h3-4,8,11,16-17H,1-2,5-7,9H2. The van der Waals surface area contributed by atoms with Crippen LogP contribution in [0, 0.1) is 0 Å². The number of carbonyl (C=O) groups is 1. The van der Waals surface area contributed by atoms with Crippen LogP contribution in [0.2, 0.25) is 0 Å². The van der Waals surface area contributed by atoms with E-state index in [1.807, 2.05) is 23.1 Å². The molecule has 0 bridgehead atoms. The molecule has 102 valence electrons. The van der Waals surface area contributed by atoms with Gasteiger partial charge in [-0.25, -0.2) is 0 Å². The molecule has 1 aromatic carbocycles. The molecule has 3 rings (SSSR count). The Labute approximate surface area is 121 Å². The molecule has 1 saturated heterocycles. The topological polar surface area (TPSA) is 44.4 Å². The fraction of sp³-hybridized carbons (Fsp3) is 0.500. The summed E-state index contributed by atoms with van der Waals surface area (Å²) in [5.74, 6) is 0.156. The minimum atomic E-state index is 0.156. The predicted molar refractivity (Wildman–Crippen MR) is 80.6 cm³/mol. The lowest BCUT2D eigenvalue weighted by Gasteiger charge is -2.31. The zero-order chi connectivity index (χ0) is 13.2. The van der Waals surface area contributed by atoms with E-state index in [0.29, 0.717) is 12.6 Å². The Kier molecular flexibility index (Phi) is 3.75. The summed E-state index contributed by atoms with van der Waals surface area (Å²) in [5.41, 5.74) is 2.03. The van der Waals surface area contributed by atoms with E-state index in [9.17, 15) is 4.79 Å². The lowest BCUT2D eigenvalue weighted by atomic mass is 10.1. The number of fused-ring (bicyclic) bond motifs is 1. The summed E-state index contributed by atoms with van der Waals surface area (Å²) in [7, 11) is 0. The third-order valence-corrected chi connectivity index (χ3v) is 4.34. The van der Waals surface area contributed by atoms with Crippen LogP contribution in [-0.4, -0.2) is 31.6 Å². The van der Waals surface area contributed by atoms with Crippen molar-refractivity contribution in [3.8, 4) is 0 Å².